The van der Waals surface area contributed by atoms with Crippen LogP contribution in [0.3, 0.4) is 0 Å². The molecule has 0 atom stereocenters. The van der Waals surface area contributed by atoms with Gasteiger partial charge in [-0.1, -0.05) is 18.2 Å². The zero-order valence-electron chi connectivity index (χ0n) is 28.4. The molecule has 3 aliphatic rings. The number of rotatable bonds is 5. The first-order valence-electron chi connectivity index (χ1n) is 16.4. The van der Waals surface area contributed by atoms with Crippen LogP contribution >= 0.6 is 0 Å². The molecule has 0 radical (unpaired) electrons. The van der Waals surface area contributed by atoms with Gasteiger partial charge in [-0.2, -0.15) is 0 Å². The molecule has 48 heavy (non-hydrogen) atoms. The minimum atomic E-state index is -0.355. The number of likely N-dealkylation sites (N-methyl/N-ethyl adjacent to an activating group) is 2. The van der Waals surface area contributed by atoms with Crippen LogP contribution in [0.4, 0.5) is 34.1 Å². The topological polar surface area (TPSA) is 161 Å². The van der Waals surface area contributed by atoms with E-state index in [0.717, 1.165) is 95.6 Å². The lowest BCUT2D eigenvalue weighted by Gasteiger charge is -2.34. The fourth-order valence-electron chi connectivity index (χ4n) is 5.38. The van der Waals surface area contributed by atoms with E-state index in [-0.39, 0.29) is 27.8 Å². The lowest BCUT2D eigenvalue weighted by Crippen LogP contribution is -2.44. The van der Waals surface area contributed by atoms with E-state index >= 15 is 0 Å². The van der Waals surface area contributed by atoms with E-state index in [1.165, 1.54) is 17.8 Å². The molecule has 3 aliphatic heterocycles. The predicted octanol–water partition coefficient (Wildman–Crippen LogP) is 3.37. The van der Waals surface area contributed by atoms with Gasteiger partial charge in [-0.25, -0.2) is 0 Å². The number of nitro benzene ring substituents is 2. The van der Waals surface area contributed by atoms with Crippen LogP contribution in [0.15, 0.2) is 72.8 Å². The maximum Gasteiger partial charge on any atom is 0.271 e. The Labute approximate surface area is 283 Å². The Balaban J connectivity index is 0.000000188. The first-order chi connectivity index (χ1) is 23.1. The second-order valence-corrected chi connectivity index (χ2v) is 11.8. The number of nitro groups is 2. The van der Waals surface area contributed by atoms with Crippen molar-refractivity contribution in [2.24, 2.45) is 0 Å². The van der Waals surface area contributed by atoms with Gasteiger partial charge in [-0.15, -0.1) is 0 Å². The van der Waals surface area contributed by atoms with Gasteiger partial charge < -0.3 is 40.7 Å². The Morgan fingerprint density at radius 3 is 1.38 bits per heavy atom. The molecule has 3 saturated heterocycles. The normalized spacial score (nSPS) is 16.7. The summed E-state index contributed by atoms with van der Waals surface area (Å²) in [5.74, 6) is 0. The fourth-order valence-corrected chi connectivity index (χ4v) is 5.38. The molecule has 3 heterocycles. The predicted molar refractivity (Wildman–Crippen MR) is 194 cm³/mol. The zero-order valence-corrected chi connectivity index (χ0v) is 28.4. The summed E-state index contributed by atoms with van der Waals surface area (Å²) in [6.45, 7) is 13.9. The summed E-state index contributed by atoms with van der Waals surface area (Å²) in [7, 11) is 4.25. The van der Waals surface area contributed by atoms with Crippen LogP contribution in [0.25, 0.3) is 0 Å². The minimum absolute atomic E-state index is 0.158. The van der Waals surface area contributed by atoms with Crippen LogP contribution < -0.4 is 25.8 Å². The largest absolute Gasteiger partial charge is 0.399 e. The van der Waals surface area contributed by atoms with E-state index in [2.05, 4.69) is 50.0 Å². The van der Waals surface area contributed by atoms with Crippen molar-refractivity contribution in [3.63, 3.8) is 0 Å². The number of aliphatic hydroxyl groups excluding tert-OH is 1. The molecule has 0 amide bonds. The lowest BCUT2D eigenvalue weighted by molar-refractivity contribution is -0.385. The van der Waals surface area contributed by atoms with Crippen LogP contribution in [0.2, 0.25) is 0 Å². The molecule has 3 aromatic rings. The van der Waals surface area contributed by atoms with Crippen molar-refractivity contribution in [2.45, 2.75) is 6.92 Å². The second-order valence-electron chi connectivity index (χ2n) is 11.8. The van der Waals surface area contributed by atoms with Gasteiger partial charge in [0.1, 0.15) is 0 Å². The monoisotopic (exact) mass is 665 g/mol. The number of aliphatic hydroxyl groups is 1. The third kappa shape index (κ3) is 12.6. The number of non-ortho nitro benzene ring substituents is 2. The molecule has 262 valence electrons. The number of anilines is 4. The lowest BCUT2D eigenvalue weighted by atomic mass is 10.2. The molecule has 3 fully saturated rings. The highest BCUT2D eigenvalue weighted by atomic mass is 16.6. The average molecular weight is 666 g/mol. The SMILES string of the molecule is CCO.CN1CCN(c2cccc(N)c2)CC1.CN1CCN(c2cccc([N+](=O)[O-])c2)CC1.O=[N+]([O-])c1cccc(N2CCNCC2)c1. The van der Waals surface area contributed by atoms with Crippen molar-refractivity contribution < 1.29 is 15.0 Å². The average Bonchev–Trinajstić information content (AvgIpc) is 3.10. The number of nitrogens with two attached hydrogens (primary N) is 1. The van der Waals surface area contributed by atoms with Gasteiger partial charge in [0.25, 0.3) is 11.4 Å². The Bertz CT molecular complexity index is 1410. The number of hydrogen-bond donors (Lipinski definition) is 3. The molecule has 14 nitrogen and oxygen atoms in total. The van der Waals surface area contributed by atoms with Crippen LogP contribution in [0.5, 0.6) is 0 Å². The maximum atomic E-state index is 10.7. The third-order valence-electron chi connectivity index (χ3n) is 8.17. The molecule has 14 heteroatoms. The molecular weight excluding hydrogens is 614 g/mol. The molecular formula is C34H51N9O5. The van der Waals surface area contributed by atoms with Crippen molar-refractivity contribution in [3.8, 4) is 0 Å². The van der Waals surface area contributed by atoms with Crippen molar-refractivity contribution >= 4 is 34.1 Å². The molecule has 0 aromatic heterocycles. The quantitative estimate of drug-likeness (QED) is 0.207. The van der Waals surface area contributed by atoms with E-state index in [1.54, 1.807) is 31.2 Å². The molecule has 0 bridgehead atoms. The van der Waals surface area contributed by atoms with Crippen LogP contribution in [0, 0.1) is 20.2 Å². The third-order valence-corrected chi connectivity index (χ3v) is 8.17. The van der Waals surface area contributed by atoms with Gasteiger partial charge in [0.15, 0.2) is 0 Å². The number of hydrogen-bond acceptors (Lipinski definition) is 12. The van der Waals surface area contributed by atoms with E-state index in [1.807, 2.05) is 30.3 Å². The van der Waals surface area contributed by atoms with Crippen LogP contribution in [-0.2, 0) is 0 Å². The summed E-state index contributed by atoms with van der Waals surface area (Å²) in [6.07, 6.45) is 0. The van der Waals surface area contributed by atoms with E-state index in [4.69, 9.17) is 10.8 Å². The molecule has 3 aromatic carbocycles. The molecule has 4 N–H and O–H groups in total. The summed E-state index contributed by atoms with van der Waals surface area (Å²) >= 11 is 0. The molecule has 0 spiro atoms. The second kappa shape index (κ2) is 20.0. The highest BCUT2D eigenvalue weighted by Crippen LogP contribution is 2.23. The fraction of sp³-hybridized carbons (Fsp3) is 0.471. The van der Waals surface area contributed by atoms with Gasteiger partial charge in [0.05, 0.1) is 9.85 Å². The molecule has 0 saturated carbocycles. The van der Waals surface area contributed by atoms with Gasteiger partial charge in [-0.05, 0) is 51.4 Å². The van der Waals surface area contributed by atoms with Gasteiger partial charge >= 0.3 is 0 Å². The van der Waals surface area contributed by atoms with Crippen molar-refractivity contribution in [2.75, 3.05) is 120 Å². The highest BCUT2D eigenvalue weighted by Gasteiger charge is 2.17. The minimum Gasteiger partial charge on any atom is -0.399 e. The summed E-state index contributed by atoms with van der Waals surface area (Å²) in [5.41, 5.74) is 10.1. The Hall–Kier alpha value is -4.50. The summed E-state index contributed by atoms with van der Waals surface area (Å²) in [5, 5.41) is 32.1. The number of nitrogens with one attached hydrogen (secondary N) is 1. The maximum absolute atomic E-state index is 10.7. The zero-order chi connectivity index (χ0) is 34.9. The van der Waals surface area contributed by atoms with Gasteiger partial charge in [-0.3, -0.25) is 20.2 Å². The van der Waals surface area contributed by atoms with E-state index in [9.17, 15) is 20.2 Å². The first-order valence-corrected chi connectivity index (χ1v) is 16.4. The number of piperazine rings is 3. The number of nitrogens with zero attached hydrogens (tertiary/aromatic N) is 7. The molecule has 6 rings (SSSR count). The van der Waals surface area contributed by atoms with Crippen molar-refractivity contribution in [3.05, 3.63) is 93.0 Å². The highest BCUT2D eigenvalue weighted by molar-refractivity contribution is 5.56. The molecule has 0 aliphatic carbocycles. The number of nitrogen functional groups attached to an aromatic ring is 1. The summed E-state index contributed by atoms with van der Waals surface area (Å²) in [4.78, 5) is 31.9. The van der Waals surface area contributed by atoms with Crippen LogP contribution in [0.1, 0.15) is 6.92 Å². The van der Waals surface area contributed by atoms with Crippen molar-refractivity contribution in [1.82, 2.24) is 15.1 Å². The Kier molecular flexibility index (Phi) is 15.8. The van der Waals surface area contributed by atoms with Crippen molar-refractivity contribution in [1.29, 1.82) is 0 Å². The van der Waals surface area contributed by atoms with E-state index < -0.39 is 0 Å². The summed E-state index contributed by atoms with van der Waals surface area (Å²) < 4.78 is 0. The summed E-state index contributed by atoms with van der Waals surface area (Å²) in [6, 6.07) is 21.8. The first kappa shape index (κ1) is 38.0. The van der Waals surface area contributed by atoms with E-state index in [0.29, 0.717) is 0 Å². The van der Waals surface area contributed by atoms with Crippen LogP contribution in [-0.4, -0.2) is 124 Å². The number of benzene rings is 3. The Morgan fingerprint density at radius 2 is 1.00 bits per heavy atom. The van der Waals surface area contributed by atoms with Gasteiger partial charge in [0.2, 0.25) is 0 Å². The van der Waals surface area contributed by atoms with Gasteiger partial charge in [0, 0.05) is 132 Å². The Morgan fingerprint density at radius 1 is 0.646 bits per heavy atom. The molecule has 0 unspecified atom stereocenters. The smallest absolute Gasteiger partial charge is 0.271 e. The standard InChI is InChI=1S/C11H15N3O2.C11H17N3.C10H13N3O2.C2H6O/c1-12-5-7-13(8-6-12)10-3-2-4-11(9-10)14(15)16;1-13-5-7-14(8-6-13)11-4-2-3-10(12)9-11;14-13(15)10-3-1-2-9(8-10)12-6-4-11-5-7-12;1-2-3/h2-4,9H,5-8H2,1H3;2-4,9H,5-8,12H2,1H3;1-3,8,11H,4-7H2;3H,2H2,1H3.